The SMILES string of the molecule is Cn1c(C(F)(C(F)(F)F)C(F)(F)F)cc(Cl)c1-n1cc(-c2cnc(Cl)c(C(N)=O)c2C2(C#N)CC2)cn1. The number of aromatic nitrogens is 4. The molecule has 3 aromatic heterocycles. The highest BCUT2D eigenvalue weighted by Gasteiger charge is 2.75. The van der Waals surface area contributed by atoms with Crippen LogP contribution in [-0.4, -0.2) is 37.6 Å². The van der Waals surface area contributed by atoms with E-state index in [1.54, 1.807) is 0 Å². The van der Waals surface area contributed by atoms with E-state index in [0.29, 0.717) is 12.8 Å². The molecule has 0 aliphatic heterocycles. The van der Waals surface area contributed by atoms with Gasteiger partial charge in [0.15, 0.2) is 5.82 Å². The van der Waals surface area contributed by atoms with Crippen molar-refractivity contribution in [1.29, 1.82) is 5.26 Å². The summed E-state index contributed by atoms with van der Waals surface area (Å²) in [6.45, 7) is 0. The Kier molecular flexibility index (Phi) is 6.04. The van der Waals surface area contributed by atoms with Crippen LogP contribution >= 0.6 is 23.2 Å². The molecule has 1 fully saturated rings. The molecule has 0 saturated heterocycles. The highest BCUT2D eigenvalue weighted by atomic mass is 35.5. The van der Waals surface area contributed by atoms with Gasteiger partial charge in [-0.15, -0.1) is 0 Å². The zero-order valence-electron chi connectivity index (χ0n) is 18.3. The smallest absolute Gasteiger partial charge is 0.365 e. The Morgan fingerprint density at radius 1 is 1.14 bits per heavy atom. The van der Waals surface area contributed by atoms with E-state index in [2.05, 4.69) is 16.2 Å². The van der Waals surface area contributed by atoms with Gasteiger partial charge in [-0.2, -0.15) is 36.7 Å². The van der Waals surface area contributed by atoms with Gasteiger partial charge >= 0.3 is 18.0 Å². The Labute approximate surface area is 213 Å². The highest BCUT2D eigenvalue weighted by Crippen LogP contribution is 2.55. The van der Waals surface area contributed by atoms with E-state index in [4.69, 9.17) is 28.9 Å². The van der Waals surface area contributed by atoms with E-state index < -0.39 is 45.9 Å². The molecule has 1 aliphatic carbocycles. The first-order valence-corrected chi connectivity index (χ1v) is 10.9. The molecule has 37 heavy (non-hydrogen) atoms. The first kappa shape index (κ1) is 26.7. The summed E-state index contributed by atoms with van der Waals surface area (Å²) in [5.41, 5.74) is -2.89. The second-order valence-corrected chi connectivity index (χ2v) is 9.12. The number of amides is 1. The number of nitrogens with two attached hydrogens (primary N) is 1. The molecule has 0 radical (unpaired) electrons. The minimum absolute atomic E-state index is 0.153. The number of halogens is 9. The first-order valence-electron chi connectivity index (χ1n) is 10.1. The fraction of sp³-hybridized carbons (Fsp3) is 0.333. The Morgan fingerprint density at radius 2 is 1.73 bits per heavy atom. The summed E-state index contributed by atoms with van der Waals surface area (Å²) < 4.78 is 95.7. The van der Waals surface area contributed by atoms with Crippen LogP contribution in [0, 0.1) is 11.3 Å². The Bertz CT molecular complexity index is 1450. The quantitative estimate of drug-likeness (QED) is 0.323. The van der Waals surface area contributed by atoms with E-state index in [-0.39, 0.29) is 38.0 Å². The third-order valence-electron chi connectivity index (χ3n) is 6.12. The summed E-state index contributed by atoms with van der Waals surface area (Å²) >= 11 is 12.0. The van der Waals surface area contributed by atoms with Crippen molar-refractivity contribution >= 4 is 29.1 Å². The monoisotopic (exact) mass is 568 g/mol. The number of nitrogens with zero attached hydrogens (tertiary/aromatic N) is 5. The molecule has 4 rings (SSSR count). The lowest BCUT2D eigenvalue weighted by molar-refractivity contribution is -0.350. The van der Waals surface area contributed by atoms with Crippen LogP contribution in [0.15, 0.2) is 24.7 Å². The van der Waals surface area contributed by atoms with Gasteiger partial charge in [0.2, 0.25) is 0 Å². The summed E-state index contributed by atoms with van der Waals surface area (Å²) in [6.07, 6.45) is -8.45. The van der Waals surface area contributed by atoms with Crippen molar-refractivity contribution in [2.24, 2.45) is 12.8 Å². The lowest BCUT2D eigenvalue weighted by Crippen LogP contribution is -2.51. The Morgan fingerprint density at radius 3 is 2.22 bits per heavy atom. The molecule has 2 N–H and O–H groups in total. The Balaban J connectivity index is 1.90. The van der Waals surface area contributed by atoms with Gasteiger partial charge in [-0.25, -0.2) is 14.1 Å². The minimum atomic E-state index is -6.35. The molecule has 0 bridgehead atoms. The molecule has 3 aromatic rings. The molecule has 16 heteroatoms. The number of hydrogen-bond acceptors (Lipinski definition) is 4. The van der Waals surface area contributed by atoms with Gasteiger partial charge in [0, 0.05) is 30.6 Å². The first-order chi connectivity index (χ1) is 17.0. The minimum Gasteiger partial charge on any atom is -0.365 e. The number of carbonyl (C=O) groups excluding carboxylic acids is 1. The second-order valence-electron chi connectivity index (χ2n) is 8.36. The van der Waals surface area contributed by atoms with E-state index in [1.165, 1.54) is 6.20 Å². The van der Waals surface area contributed by atoms with Crippen molar-refractivity contribution in [2.45, 2.75) is 36.3 Å². The molecule has 7 nitrogen and oxygen atoms in total. The van der Waals surface area contributed by atoms with Crippen molar-refractivity contribution in [3.8, 4) is 23.0 Å². The zero-order valence-corrected chi connectivity index (χ0v) is 19.9. The van der Waals surface area contributed by atoms with E-state index >= 15 is 0 Å². The maximum Gasteiger partial charge on any atom is 0.437 e. The number of carbonyl (C=O) groups is 1. The fourth-order valence-electron chi connectivity index (χ4n) is 4.15. The van der Waals surface area contributed by atoms with Crippen molar-refractivity contribution in [3.63, 3.8) is 0 Å². The zero-order chi connectivity index (χ0) is 27.7. The maximum absolute atomic E-state index is 14.7. The number of hydrogen-bond donors (Lipinski definition) is 1. The predicted molar refractivity (Wildman–Crippen MR) is 116 cm³/mol. The van der Waals surface area contributed by atoms with E-state index in [9.17, 15) is 40.8 Å². The highest BCUT2D eigenvalue weighted by molar-refractivity contribution is 6.33. The average Bonchev–Trinajstić information content (AvgIpc) is 3.34. The number of primary amides is 1. The molecule has 1 saturated carbocycles. The number of alkyl halides is 7. The van der Waals surface area contributed by atoms with Crippen LogP contribution in [0.3, 0.4) is 0 Å². The van der Waals surface area contributed by atoms with Crippen molar-refractivity contribution < 1.29 is 35.5 Å². The van der Waals surface area contributed by atoms with Crippen LogP contribution in [0.1, 0.15) is 34.5 Å². The largest absolute Gasteiger partial charge is 0.437 e. The topological polar surface area (TPSA) is 103 Å². The van der Waals surface area contributed by atoms with Gasteiger partial charge < -0.3 is 10.3 Å². The molecule has 0 spiro atoms. The second kappa shape index (κ2) is 8.35. The predicted octanol–water partition coefficient (Wildman–Crippen LogP) is 5.52. The molecule has 0 unspecified atom stereocenters. The molecule has 1 aliphatic rings. The van der Waals surface area contributed by atoms with Crippen LogP contribution in [0.25, 0.3) is 16.9 Å². The van der Waals surface area contributed by atoms with Crippen LogP contribution in [0.2, 0.25) is 10.2 Å². The molecular formula is C21H13Cl2F7N6O. The fourth-order valence-corrected chi connectivity index (χ4v) is 4.70. The van der Waals surface area contributed by atoms with E-state index in [1.807, 2.05) is 0 Å². The van der Waals surface area contributed by atoms with Crippen molar-refractivity contribution in [2.75, 3.05) is 0 Å². The summed E-state index contributed by atoms with van der Waals surface area (Å²) in [4.78, 5) is 16.0. The normalized spacial score (nSPS) is 15.5. The van der Waals surface area contributed by atoms with Gasteiger partial charge in [0.25, 0.3) is 5.91 Å². The maximum atomic E-state index is 14.7. The molecule has 3 heterocycles. The molecular weight excluding hydrogens is 556 g/mol. The average molecular weight is 569 g/mol. The third-order valence-corrected chi connectivity index (χ3v) is 6.69. The summed E-state index contributed by atoms with van der Waals surface area (Å²) in [7, 11) is 0.763. The summed E-state index contributed by atoms with van der Waals surface area (Å²) in [5.74, 6) is -1.48. The third kappa shape index (κ3) is 3.91. The van der Waals surface area contributed by atoms with Crippen molar-refractivity contribution in [1.82, 2.24) is 19.3 Å². The molecule has 1 amide bonds. The van der Waals surface area contributed by atoms with Crippen LogP contribution in [-0.2, 0) is 18.1 Å². The van der Waals surface area contributed by atoms with Gasteiger partial charge in [-0.3, -0.25) is 4.79 Å². The van der Waals surface area contributed by atoms with E-state index in [0.717, 1.165) is 24.1 Å². The Hall–Kier alpha value is -3.31. The van der Waals surface area contributed by atoms with Gasteiger partial charge in [-0.1, -0.05) is 23.2 Å². The standard InChI is InChI=1S/C21H13Cl2F7N6O/c1-35-12(19(24,20(25,26)27)21(28,29)30)4-11(22)17(35)36-7-9(5-34-36)10-6-33-15(23)13(16(32)37)14(10)18(8-31)2-3-18/h4-7H,2-3H2,1H3,(H2,32,37). The van der Waals surface area contributed by atoms with Crippen molar-refractivity contribution in [3.05, 3.63) is 51.7 Å². The number of rotatable bonds is 5. The lowest BCUT2D eigenvalue weighted by Gasteiger charge is -2.30. The molecule has 196 valence electrons. The van der Waals surface area contributed by atoms with Crippen LogP contribution in [0.4, 0.5) is 30.7 Å². The van der Waals surface area contributed by atoms with Gasteiger partial charge in [0.05, 0.1) is 34.0 Å². The van der Waals surface area contributed by atoms with Gasteiger partial charge in [0.1, 0.15) is 5.15 Å². The van der Waals surface area contributed by atoms with Crippen LogP contribution in [0.5, 0.6) is 0 Å². The molecule has 0 atom stereocenters. The summed E-state index contributed by atoms with van der Waals surface area (Å²) in [6, 6.07) is 2.32. The lowest BCUT2D eigenvalue weighted by atomic mass is 9.87. The number of nitriles is 1. The number of pyridine rings is 1. The van der Waals surface area contributed by atoms with Crippen LogP contribution < -0.4 is 5.73 Å². The summed E-state index contributed by atoms with van der Waals surface area (Å²) in [5, 5.41) is 12.7. The van der Waals surface area contributed by atoms with Gasteiger partial charge in [-0.05, 0) is 24.5 Å². The molecule has 0 aromatic carbocycles.